The van der Waals surface area contributed by atoms with Crippen LogP contribution in [0.5, 0.6) is 0 Å². The molecule has 1 fully saturated rings. The number of hydrogen-bond donors (Lipinski definition) is 1. The Hall–Kier alpha value is -0.810. The lowest BCUT2D eigenvalue weighted by atomic mass is 9.92. The second-order valence-electron chi connectivity index (χ2n) is 5.58. The third-order valence-electron chi connectivity index (χ3n) is 2.97. The Labute approximate surface area is 103 Å². The molecule has 0 radical (unpaired) electrons. The van der Waals surface area contributed by atoms with Gasteiger partial charge in [-0.15, -0.1) is 0 Å². The number of aliphatic hydroxyl groups excluding tert-OH is 1. The van der Waals surface area contributed by atoms with Crippen LogP contribution in [-0.2, 0) is 9.47 Å². The molecular formula is C12H23NO4. The highest BCUT2D eigenvalue weighted by atomic mass is 16.6. The van der Waals surface area contributed by atoms with Crippen molar-refractivity contribution in [1.29, 1.82) is 0 Å². The Morgan fingerprint density at radius 3 is 2.59 bits per heavy atom. The molecule has 0 aromatic heterocycles. The highest BCUT2D eigenvalue weighted by Gasteiger charge is 2.40. The number of hydrogen-bond acceptors (Lipinski definition) is 4. The molecule has 1 heterocycles. The Morgan fingerprint density at radius 2 is 2.18 bits per heavy atom. The molecule has 1 aliphatic rings. The molecule has 1 atom stereocenters. The summed E-state index contributed by atoms with van der Waals surface area (Å²) in [6, 6.07) is 0. The van der Waals surface area contributed by atoms with Crippen molar-refractivity contribution in [2.75, 3.05) is 26.9 Å². The average Bonchev–Trinajstić information content (AvgIpc) is 2.26. The van der Waals surface area contributed by atoms with E-state index < -0.39 is 17.2 Å². The van der Waals surface area contributed by atoms with Crippen molar-refractivity contribution in [3.05, 3.63) is 0 Å². The molecule has 1 saturated heterocycles. The van der Waals surface area contributed by atoms with E-state index in [0.717, 1.165) is 12.8 Å². The molecule has 1 unspecified atom stereocenters. The maximum absolute atomic E-state index is 12.0. The molecule has 1 rings (SSSR count). The second-order valence-corrected chi connectivity index (χ2v) is 5.58. The quantitative estimate of drug-likeness (QED) is 0.798. The van der Waals surface area contributed by atoms with Gasteiger partial charge >= 0.3 is 6.09 Å². The van der Waals surface area contributed by atoms with Crippen molar-refractivity contribution in [1.82, 2.24) is 4.90 Å². The lowest BCUT2D eigenvalue weighted by Gasteiger charge is -2.42. The van der Waals surface area contributed by atoms with Crippen molar-refractivity contribution in [3.8, 4) is 0 Å². The molecule has 5 heteroatoms. The first kappa shape index (κ1) is 14.3. The Kier molecular flexibility index (Phi) is 4.38. The molecule has 1 amide bonds. The molecule has 100 valence electrons. The smallest absolute Gasteiger partial charge is 0.410 e. The number of carbonyl (C=O) groups is 1. The highest BCUT2D eigenvalue weighted by molar-refractivity contribution is 5.69. The molecule has 0 saturated carbocycles. The van der Waals surface area contributed by atoms with Crippen LogP contribution in [0, 0.1) is 0 Å². The monoisotopic (exact) mass is 245 g/mol. The predicted octanol–water partition coefficient (Wildman–Crippen LogP) is 1.39. The van der Waals surface area contributed by atoms with E-state index in [-0.39, 0.29) is 6.61 Å². The molecule has 0 bridgehead atoms. The average molecular weight is 245 g/mol. The van der Waals surface area contributed by atoms with Crippen molar-refractivity contribution in [2.45, 2.75) is 44.8 Å². The number of likely N-dealkylation sites (N-methyl/N-ethyl adjacent to an activating group) is 1. The summed E-state index contributed by atoms with van der Waals surface area (Å²) in [5.74, 6) is 0. The van der Waals surface area contributed by atoms with Crippen LogP contribution in [0.1, 0.15) is 33.6 Å². The van der Waals surface area contributed by atoms with Crippen LogP contribution in [-0.4, -0.2) is 54.1 Å². The highest BCUT2D eigenvalue weighted by Crippen LogP contribution is 2.26. The van der Waals surface area contributed by atoms with Gasteiger partial charge in [-0.25, -0.2) is 4.79 Å². The molecule has 1 N–H and O–H groups in total. The normalized spacial score (nSPS) is 25.5. The van der Waals surface area contributed by atoms with Crippen LogP contribution in [0.2, 0.25) is 0 Å². The lowest BCUT2D eigenvalue weighted by Crippen LogP contribution is -2.58. The molecule has 0 aromatic rings. The summed E-state index contributed by atoms with van der Waals surface area (Å²) in [6.07, 6.45) is 1.16. The van der Waals surface area contributed by atoms with Gasteiger partial charge in [-0.05, 0) is 33.6 Å². The van der Waals surface area contributed by atoms with Crippen LogP contribution in [0.4, 0.5) is 4.79 Å². The maximum atomic E-state index is 12.0. The standard InChI is InChI=1S/C12H23NO4/c1-11(2,3)17-10(15)13(4)12(8-14)6-5-7-16-9-12/h14H,5-9H2,1-4H3. The van der Waals surface area contributed by atoms with E-state index in [9.17, 15) is 9.90 Å². The van der Waals surface area contributed by atoms with Gasteiger partial charge in [0.2, 0.25) is 0 Å². The molecule has 0 aromatic carbocycles. The molecule has 0 spiro atoms. The lowest BCUT2D eigenvalue weighted by molar-refractivity contribution is -0.0714. The number of carbonyl (C=O) groups excluding carboxylic acids is 1. The molecule has 0 aliphatic carbocycles. The molecule has 5 nitrogen and oxygen atoms in total. The zero-order valence-electron chi connectivity index (χ0n) is 11.2. The molecular weight excluding hydrogens is 222 g/mol. The van der Waals surface area contributed by atoms with E-state index in [1.807, 2.05) is 20.8 Å². The van der Waals surface area contributed by atoms with E-state index in [1.54, 1.807) is 7.05 Å². The van der Waals surface area contributed by atoms with Crippen LogP contribution >= 0.6 is 0 Å². The van der Waals surface area contributed by atoms with Gasteiger partial charge in [-0.3, -0.25) is 0 Å². The number of ether oxygens (including phenoxy) is 2. The number of amides is 1. The number of rotatable bonds is 2. The van der Waals surface area contributed by atoms with Gasteiger partial charge in [0, 0.05) is 13.7 Å². The minimum atomic E-state index is -0.638. The van der Waals surface area contributed by atoms with Gasteiger partial charge in [0.25, 0.3) is 0 Å². The fraction of sp³-hybridized carbons (Fsp3) is 0.917. The third-order valence-corrected chi connectivity index (χ3v) is 2.97. The van der Waals surface area contributed by atoms with Gasteiger partial charge in [-0.1, -0.05) is 0 Å². The largest absolute Gasteiger partial charge is 0.444 e. The van der Waals surface area contributed by atoms with Crippen molar-refractivity contribution >= 4 is 6.09 Å². The maximum Gasteiger partial charge on any atom is 0.410 e. The third kappa shape index (κ3) is 3.57. The topological polar surface area (TPSA) is 59.0 Å². The summed E-state index contributed by atoms with van der Waals surface area (Å²) < 4.78 is 10.7. The SMILES string of the molecule is CN(C(=O)OC(C)(C)C)C1(CO)CCCOC1. The molecule has 1 aliphatic heterocycles. The predicted molar refractivity (Wildman–Crippen MR) is 63.9 cm³/mol. The summed E-state index contributed by atoms with van der Waals surface area (Å²) in [5.41, 5.74) is -1.17. The fourth-order valence-electron chi connectivity index (χ4n) is 1.86. The van der Waals surface area contributed by atoms with Crippen molar-refractivity contribution in [3.63, 3.8) is 0 Å². The van der Waals surface area contributed by atoms with Gasteiger partial charge in [0.1, 0.15) is 5.60 Å². The number of aliphatic hydroxyl groups is 1. The second kappa shape index (κ2) is 5.23. The first-order valence-electron chi connectivity index (χ1n) is 5.96. The summed E-state index contributed by atoms with van der Waals surface area (Å²) in [4.78, 5) is 13.4. The molecule has 17 heavy (non-hydrogen) atoms. The van der Waals surface area contributed by atoms with Gasteiger partial charge in [-0.2, -0.15) is 0 Å². The van der Waals surface area contributed by atoms with Crippen molar-refractivity contribution in [2.24, 2.45) is 0 Å². The van der Waals surface area contributed by atoms with E-state index >= 15 is 0 Å². The first-order chi connectivity index (χ1) is 7.81. The summed E-state index contributed by atoms with van der Waals surface area (Å²) in [5, 5.41) is 9.53. The van der Waals surface area contributed by atoms with Crippen LogP contribution in [0.15, 0.2) is 0 Å². The zero-order chi connectivity index (χ0) is 13.1. The first-order valence-corrected chi connectivity index (χ1v) is 5.96. The zero-order valence-corrected chi connectivity index (χ0v) is 11.2. The van der Waals surface area contributed by atoms with E-state index in [1.165, 1.54) is 4.90 Å². The van der Waals surface area contributed by atoms with E-state index in [4.69, 9.17) is 9.47 Å². The van der Waals surface area contributed by atoms with Crippen LogP contribution in [0.3, 0.4) is 0 Å². The summed E-state index contributed by atoms with van der Waals surface area (Å²) >= 11 is 0. The van der Waals surface area contributed by atoms with Gasteiger partial charge in [0.05, 0.1) is 18.8 Å². The summed E-state index contributed by atoms with van der Waals surface area (Å²) in [7, 11) is 1.65. The van der Waals surface area contributed by atoms with E-state index in [0.29, 0.717) is 13.2 Å². The number of nitrogens with zero attached hydrogens (tertiary/aromatic N) is 1. The Balaban J connectivity index is 2.71. The minimum Gasteiger partial charge on any atom is -0.444 e. The Morgan fingerprint density at radius 1 is 1.53 bits per heavy atom. The van der Waals surface area contributed by atoms with Gasteiger partial charge < -0.3 is 19.5 Å². The van der Waals surface area contributed by atoms with Crippen LogP contribution in [0.25, 0.3) is 0 Å². The minimum absolute atomic E-state index is 0.108. The van der Waals surface area contributed by atoms with Gasteiger partial charge in [0.15, 0.2) is 0 Å². The van der Waals surface area contributed by atoms with E-state index in [2.05, 4.69) is 0 Å². The van der Waals surface area contributed by atoms with Crippen LogP contribution < -0.4 is 0 Å². The van der Waals surface area contributed by atoms with Crippen molar-refractivity contribution < 1.29 is 19.4 Å². The fourth-order valence-corrected chi connectivity index (χ4v) is 1.86. The Bertz CT molecular complexity index is 266. The summed E-state index contributed by atoms with van der Waals surface area (Å²) in [6.45, 7) is 6.40.